The van der Waals surface area contributed by atoms with Crippen LogP contribution >= 0.6 is 0 Å². The summed E-state index contributed by atoms with van der Waals surface area (Å²) < 4.78 is 5.47. The fraction of sp³-hybridized carbons (Fsp3) is 0.619. The highest BCUT2D eigenvalue weighted by Crippen LogP contribution is 2.17. The zero-order chi connectivity index (χ0) is 19.8. The Morgan fingerprint density at radius 1 is 1.21 bits per heavy atom. The van der Waals surface area contributed by atoms with E-state index in [0.29, 0.717) is 19.0 Å². The molecule has 0 bridgehead atoms. The van der Waals surface area contributed by atoms with Crippen molar-refractivity contribution >= 4 is 17.6 Å². The zero-order valence-corrected chi connectivity index (χ0v) is 17.1. The molecule has 7 nitrogen and oxygen atoms in total. The maximum absolute atomic E-state index is 11.7. The number of likely N-dealkylation sites (tertiary alicyclic amines) is 1. The van der Waals surface area contributed by atoms with Gasteiger partial charge in [-0.25, -0.2) is 0 Å². The summed E-state index contributed by atoms with van der Waals surface area (Å²) in [6.07, 6.45) is 2.59. The van der Waals surface area contributed by atoms with Crippen LogP contribution in [0.3, 0.4) is 0 Å². The summed E-state index contributed by atoms with van der Waals surface area (Å²) in [5.41, 5.74) is 2.01. The van der Waals surface area contributed by atoms with E-state index in [4.69, 9.17) is 4.74 Å². The number of rotatable bonds is 6. The molecular weight excluding hydrogens is 354 g/mol. The monoisotopic (exact) mass is 387 g/mol. The number of aliphatic imine (C=N–C) groups is 1. The number of nitrogens with one attached hydrogen (secondary N) is 2. The minimum absolute atomic E-state index is 0.0673. The Labute approximate surface area is 168 Å². The fourth-order valence-corrected chi connectivity index (χ4v) is 3.84. The summed E-state index contributed by atoms with van der Waals surface area (Å²) in [5, 5.41) is 6.40. The predicted octanol–water partition coefficient (Wildman–Crippen LogP) is 1.91. The van der Waals surface area contributed by atoms with E-state index in [1.165, 1.54) is 12.0 Å². The third kappa shape index (κ3) is 5.69. The highest BCUT2D eigenvalue weighted by Gasteiger charge is 2.30. The van der Waals surface area contributed by atoms with Gasteiger partial charge in [-0.2, -0.15) is 0 Å². The van der Waals surface area contributed by atoms with Crippen molar-refractivity contribution in [2.24, 2.45) is 4.99 Å². The maximum atomic E-state index is 11.7. The third-order valence-electron chi connectivity index (χ3n) is 5.40. The first-order chi connectivity index (χ1) is 13.7. The SMILES string of the molecule is CCCC(=O)Nc1ccc(CNC(=NC)N2CCC(N3CCOCC3)C2)cc1. The van der Waals surface area contributed by atoms with Gasteiger partial charge in [0.2, 0.25) is 5.91 Å². The summed E-state index contributed by atoms with van der Waals surface area (Å²) >= 11 is 0. The van der Waals surface area contributed by atoms with Crippen LogP contribution in [0.1, 0.15) is 31.7 Å². The second-order valence-corrected chi connectivity index (χ2v) is 7.43. The van der Waals surface area contributed by atoms with Gasteiger partial charge in [0.25, 0.3) is 0 Å². The van der Waals surface area contributed by atoms with Crippen molar-refractivity contribution < 1.29 is 9.53 Å². The third-order valence-corrected chi connectivity index (χ3v) is 5.40. The van der Waals surface area contributed by atoms with Crippen LogP contribution in [0.15, 0.2) is 29.3 Å². The number of hydrogen-bond acceptors (Lipinski definition) is 4. The van der Waals surface area contributed by atoms with Gasteiger partial charge >= 0.3 is 0 Å². The lowest BCUT2D eigenvalue weighted by atomic mass is 10.2. The van der Waals surface area contributed by atoms with Crippen LogP contribution in [-0.2, 0) is 16.1 Å². The Hall–Kier alpha value is -2.12. The summed E-state index contributed by atoms with van der Waals surface area (Å²) in [4.78, 5) is 21.0. The lowest BCUT2D eigenvalue weighted by Gasteiger charge is -2.32. The van der Waals surface area contributed by atoms with Gasteiger partial charge in [0.05, 0.1) is 13.2 Å². The highest BCUT2D eigenvalue weighted by molar-refractivity contribution is 5.90. The number of carbonyl (C=O) groups excluding carboxylic acids is 1. The average molecular weight is 388 g/mol. The van der Waals surface area contributed by atoms with E-state index < -0.39 is 0 Å². The Balaban J connectivity index is 1.47. The number of amides is 1. The van der Waals surface area contributed by atoms with E-state index in [1.54, 1.807) is 0 Å². The van der Waals surface area contributed by atoms with Gasteiger partial charge in [0, 0.05) is 57.9 Å². The lowest BCUT2D eigenvalue weighted by Crippen LogP contribution is -2.46. The van der Waals surface area contributed by atoms with Crippen LogP contribution in [0.25, 0.3) is 0 Å². The van der Waals surface area contributed by atoms with Crippen molar-refractivity contribution in [2.75, 3.05) is 51.8 Å². The highest BCUT2D eigenvalue weighted by atomic mass is 16.5. The van der Waals surface area contributed by atoms with E-state index in [1.807, 2.05) is 38.2 Å². The Bertz CT molecular complexity index is 655. The standard InChI is InChI=1S/C21H33N5O2/c1-3-4-20(27)24-18-7-5-17(6-8-18)15-23-21(22-2)26-10-9-19(16-26)25-11-13-28-14-12-25/h5-8,19H,3-4,9-16H2,1-2H3,(H,22,23)(H,24,27). The number of morpholine rings is 1. The van der Waals surface area contributed by atoms with Gasteiger partial charge in [-0.3, -0.25) is 14.7 Å². The van der Waals surface area contributed by atoms with Crippen molar-refractivity contribution in [2.45, 2.75) is 38.8 Å². The van der Waals surface area contributed by atoms with Crippen LogP contribution in [0.2, 0.25) is 0 Å². The van der Waals surface area contributed by atoms with Gasteiger partial charge < -0.3 is 20.3 Å². The van der Waals surface area contributed by atoms with Crippen molar-refractivity contribution in [3.8, 4) is 0 Å². The van der Waals surface area contributed by atoms with E-state index in [9.17, 15) is 4.79 Å². The molecule has 2 N–H and O–H groups in total. The molecule has 0 aliphatic carbocycles. The summed E-state index contributed by atoms with van der Waals surface area (Å²) in [7, 11) is 1.84. The molecule has 1 aromatic carbocycles. The maximum Gasteiger partial charge on any atom is 0.224 e. The van der Waals surface area contributed by atoms with Crippen molar-refractivity contribution in [3.63, 3.8) is 0 Å². The first kappa shape index (κ1) is 20.6. The minimum atomic E-state index is 0.0673. The van der Waals surface area contributed by atoms with Crippen molar-refractivity contribution in [3.05, 3.63) is 29.8 Å². The van der Waals surface area contributed by atoms with Crippen LogP contribution in [0.4, 0.5) is 5.69 Å². The molecule has 2 aliphatic heterocycles. The Morgan fingerprint density at radius 3 is 2.64 bits per heavy atom. The van der Waals surface area contributed by atoms with Crippen LogP contribution < -0.4 is 10.6 Å². The molecule has 2 heterocycles. The largest absolute Gasteiger partial charge is 0.379 e. The van der Waals surface area contributed by atoms with Crippen LogP contribution in [0.5, 0.6) is 0 Å². The molecule has 2 aliphatic rings. The fourth-order valence-electron chi connectivity index (χ4n) is 3.84. The number of nitrogens with zero attached hydrogens (tertiary/aromatic N) is 3. The number of carbonyl (C=O) groups is 1. The molecule has 1 atom stereocenters. The molecular formula is C21H33N5O2. The van der Waals surface area contributed by atoms with Crippen molar-refractivity contribution in [1.82, 2.24) is 15.1 Å². The number of ether oxygens (including phenoxy) is 1. The van der Waals surface area contributed by atoms with Crippen molar-refractivity contribution in [1.29, 1.82) is 0 Å². The lowest BCUT2D eigenvalue weighted by molar-refractivity contribution is -0.116. The minimum Gasteiger partial charge on any atom is -0.379 e. The molecule has 154 valence electrons. The molecule has 0 aromatic heterocycles. The number of guanidine groups is 1. The molecule has 7 heteroatoms. The molecule has 1 amide bonds. The van der Waals surface area contributed by atoms with Gasteiger partial charge in [-0.05, 0) is 30.5 Å². The van der Waals surface area contributed by atoms with Gasteiger partial charge in [0.1, 0.15) is 0 Å². The van der Waals surface area contributed by atoms with Crippen LogP contribution in [-0.4, -0.2) is 74.1 Å². The molecule has 1 unspecified atom stereocenters. The molecule has 2 saturated heterocycles. The Kier molecular flexibility index (Phi) is 7.68. The van der Waals surface area contributed by atoms with E-state index in [0.717, 1.165) is 57.5 Å². The normalized spacial score (nSPS) is 21.0. The smallest absolute Gasteiger partial charge is 0.224 e. The second-order valence-electron chi connectivity index (χ2n) is 7.43. The number of hydrogen-bond donors (Lipinski definition) is 2. The van der Waals surface area contributed by atoms with Gasteiger partial charge in [-0.1, -0.05) is 19.1 Å². The first-order valence-electron chi connectivity index (χ1n) is 10.4. The van der Waals surface area contributed by atoms with Gasteiger partial charge in [0.15, 0.2) is 5.96 Å². The molecule has 28 heavy (non-hydrogen) atoms. The topological polar surface area (TPSA) is 69.2 Å². The molecule has 1 aromatic rings. The molecule has 2 fully saturated rings. The summed E-state index contributed by atoms with van der Waals surface area (Å²) in [5.74, 6) is 1.02. The average Bonchev–Trinajstić information content (AvgIpc) is 3.21. The predicted molar refractivity (Wildman–Crippen MR) is 113 cm³/mol. The second kappa shape index (κ2) is 10.4. The molecule has 0 radical (unpaired) electrons. The van der Waals surface area contributed by atoms with E-state index in [-0.39, 0.29) is 5.91 Å². The number of anilines is 1. The quantitative estimate of drug-likeness (QED) is 0.576. The summed E-state index contributed by atoms with van der Waals surface area (Å²) in [6.45, 7) is 8.53. The van der Waals surface area contributed by atoms with E-state index >= 15 is 0 Å². The van der Waals surface area contributed by atoms with Gasteiger partial charge in [-0.15, -0.1) is 0 Å². The Morgan fingerprint density at radius 2 is 1.96 bits per heavy atom. The summed E-state index contributed by atoms with van der Waals surface area (Å²) in [6, 6.07) is 8.59. The molecule has 0 saturated carbocycles. The zero-order valence-electron chi connectivity index (χ0n) is 17.1. The molecule has 3 rings (SSSR count). The van der Waals surface area contributed by atoms with Crippen LogP contribution in [0, 0.1) is 0 Å². The first-order valence-corrected chi connectivity index (χ1v) is 10.4. The molecule has 0 spiro atoms. The number of benzene rings is 1. The van der Waals surface area contributed by atoms with E-state index in [2.05, 4.69) is 25.4 Å².